The molecule has 0 aliphatic rings. The molecular weight excluding hydrogens is 276 g/mol. The fourth-order valence-electron chi connectivity index (χ4n) is 2.36. The van der Waals surface area contributed by atoms with Crippen molar-refractivity contribution in [1.29, 1.82) is 0 Å². The van der Waals surface area contributed by atoms with E-state index in [9.17, 15) is 17.8 Å². The molecule has 3 aromatic rings. The molecule has 0 saturated carbocycles. The van der Waals surface area contributed by atoms with Crippen LogP contribution in [0.4, 0.5) is 0 Å². The first-order valence-corrected chi connectivity index (χ1v) is 7.33. The average molecular weight is 286 g/mol. The molecule has 20 heavy (non-hydrogen) atoms. The topological polar surface area (TPSA) is 71.4 Å². The number of fused-ring (bicyclic) bond motifs is 2. The highest BCUT2D eigenvalue weighted by Gasteiger charge is 2.17. The van der Waals surface area contributed by atoms with Gasteiger partial charge < -0.3 is 0 Å². The number of hydrogen-bond acceptors (Lipinski definition) is 3. The van der Waals surface area contributed by atoms with Crippen molar-refractivity contribution in [2.75, 3.05) is 0 Å². The molecule has 0 aliphatic carbocycles. The Bertz CT molecular complexity index is 943. The van der Waals surface area contributed by atoms with Crippen LogP contribution >= 0.6 is 0 Å². The highest BCUT2D eigenvalue weighted by Crippen LogP contribution is 2.28. The summed E-state index contributed by atoms with van der Waals surface area (Å²) in [5, 5.41) is 3.15. The molecule has 1 N–H and O–H groups in total. The summed E-state index contributed by atoms with van der Waals surface area (Å²) in [6.45, 7) is 0. The van der Waals surface area contributed by atoms with Crippen LogP contribution in [0.3, 0.4) is 0 Å². The second-order valence-corrected chi connectivity index (χ2v) is 5.88. The van der Waals surface area contributed by atoms with Crippen LogP contribution in [0.1, 0.15) is 10.4 Å². The van der Waals surface area contributed by atoms with Crippen LogP contribution in [0, 0.1) is 0 Å². The van der Waals surface area contributed by atoms with Crippen molar-refractivity contribution in [2.24, 2.45) is 0 Å². The highest BCUT2D eigenvalue weighted by molar-refractivity contribution is 7.86. The summed E-state index contributed by atoms with van der Waals surface area (Å²) < 4.78 is 31.8. The smallest absolute Gasteiger partial charge is 0.295 e. The monoisotopic (exact) mass is 286 g/mol. The standard InChI is InChI=1S/C15H10O4S/c16-9-14-13-8-11-4-2-1-3-10(11)7-12(13)5-6-15(14)20(17,18)19/h1-9H,(H,17,18,19). The molecule has 100 valence electrons. The van der Waals surface area contributed by atoms with Gasteiger partial charge in [-0.05, 0) is 39.7 Å². The Labute approximate surface area is 115 Å². The first-order valence-electron chi connectivity index (χ1n) is 5.89. The Balaban J connectivity index is 2.50. The van der Waals surface area contributed by atoms with E-state index in [0.717, 1.165) is 16.2 Å². The molecule has 5 heteroatoms. The van der Waals surface area contributed by atoms with Crippen molar-refractivity contribution >= 4 is 37.9 Å². The molecule has 0 unspecified atom stereocenters. The van der Waals surface area contributed by atoms with Gasteiger partial charge in [-0.25, -0.2) is 0 Å². The van der Waals surface area contributed by atoms with Gasteiger partial charge in [0.15, 0.2) is 6.29 Å². The van der Waals surface area contributed by atoms with Gasteiger partial charge in [-0.3, -0.25) is 9.35 Å². The SMILES string of the molecule is O=Cc1c(S(=O)(=O)O)ccc2cc3ccccc3cc12. The molecule has 0 aromatic heterocycles. The van der Waals surface area contributed by atoms with E-state index >= 15 is 0 Å². The van der Waals surface area contributed by atoms with E-state index in [1.807, 2.05) is 30.3 Å². The van der Waals surface area contributed by atoms with E-state index in [1.54, 1.807) is 12.1 Å². The molecule has 0 heterocycles. The summed E-state index contributed by atoms with van der Waals surface area (Å²) >= 11 is 0. The number of carbonyl (C=O) groups excluding carboxylic acids is 1. The number of rotatable bonds is 2. The Kier molecular flexibility index (Phi) is 2.81. The maximum Gasteiger partial charge on any atom is 0.295 e. The molecule has 0 atom stereocenters. The highest BCUT2D eigenvalue weighted by atomic mass is 32.2. The predicted molar refractivity (Wildman–Crippen MR) is 76.7 cm³/mol. The van der Waals surface area contributed by atoms with E-state index in [-0.39, 0.29) is 10.5 Å². The fourth-order valence-corrected chi connectivity index (χ4v) is 3.04. The number of benzene rings is 3. The fraction of sp³-hybridized carbons (Fsp3) is 0. The summed E-state index contributed by atoms with van der Waals surface area (Å²) in [5.74, 6) is 0. The maximum absolute atomic E-state index is 11.3. The second kappa shape index (κ2) is 4.40. The zero-order valence-electron chi connectivity index (χ0n) is 10.3. The molecule has 3 rings (SSSR count). The molecule has 3 aromatic carbocycles. The van der Waals surface area contributed by atoms with Crippen molar-refractivity contribution in [3.05, 3.63) is 54.1 Å². The summed E-state index contributed by atoms with van der Waals surface area (Å²) in [7, 11) is -4.42. The molecule has 0 spiro atoms. The minimum Gasteiger partial charge on any atom is -0.298 e. The van der Waals surface area contributed by atoms with Gasteiger partial charge in [-0.15, -0.1) is 0 Å². The van der Waals surface area contributed by atoms with Gasteiger partial charge in [0.25, 0.3) is 10.1 Å². The molecular formula is C15H10O4S. The second-order valence-electron chi connectivity index (χ2n) is 4.49. The van der Waals surface area contributed by atoms with Crippen LogP contribution < -0.4 is 0 Å². The van der Waals surface area contributed by atoms with Crippen molar-refractivity contribution in [3.63, 3.8) is 0 Å². The van der Waals surface area contributed by atoms with Crippen molar-refractivity contribution < 1.29 is 17.8 Å². The minimum atomic E-state index is -4.42. The quantitative estimate of drug-likeness (QED) is 0.446. The van der Waals surface area contributed by atoms with Crippen LogP contribution in [0.25, 0.3) is 21.5 Å². The van der Waals surface area contributed by atoms with Crippen molar-refractivity contribution in [3.8, 4) is 0 Å². The molecule has 0 aliphatic heterocycles. The van der Waals surface area contributed by atoms with Gasteiger partial charge in [0.05, 0.1) is 0 Å². The van der Waals surface area contributed by atoms with Crippen LogP contribution in [0.2, 0.25) is 0 Å². The summed E-state index contributed by atoms with van der Waals surface area (Å²) in [5.41, 5.74) is -0.0178. The summed E-state index contributed by atoms with van der Waals surface area (Å²) in [4.78, 5) is 10.9. The third kappa shape index (κ3) is 1.97. The van der Waals surface area contributed by atoms with E-state index in [1.165, 1.54) is 6.07 Å². The maximum atomic E-state index is 11.3. The Hall–Kier alpha value is -2.24. The molecule has 0 bridgehead atoms. The molecule has 0 amide bonds. The summed E-state index contributed by atoms with van der Waals surface area (Å²) in [6, 6.07) is 14.0. The minimum absolute atomic E-state index is 0.0178. The van der Waals surface area contributed by atoms with E-state index in [4.69, 9.17) is 0 Å². The van der Waals surface area contributed by atoms with E-state index in [2.05, 4.69) is 0 Å². The van der Waals surface area contributed by atoms with Gasteiger partial charge >= 0.3 is 0 Å². The predicted octanol–water partition coefficient (Wildman–Crippen LogP) is 3.05. The van der Waals surface area contributed by atoms with Crippen molar-refractivity contribution in [1.82, 2.24) is 0 Å². The van der Waals surface area contributed by atoms with Gasteiger partial charge in [0, 0.05) is 5.56 Å². The zero-order chi connectivity index (χ0) is 14.3. The van der Waals surface area contributed by atoms with Crippen LogP contribution in [0.15, 0.2) is 53.4 Å². The Morgan fingerprint density at radius 3 is 2.15 bits per heavy atom. The Morgan fingerprint density at radius 1 is 0.900 bits per heavy atom. The van der Waals surface area contributed by atoms with E-state index < -0.39 is 10.1 Å². The zero-order valence-corrected chi connectivity index (χ0v) is 11.1. The molecule has 0 saturated heterocycles. The summed E-state index contributed by atoms with van der Waals surface area (Å²) in [6.07, 6.45) is 0.459. The van der Waals surface area contributed by atoms with Crippen molar-refractivity contribution in [2.45, 2.75) is 4.90 Å². The van der Waals surface area contributed by atoms with Crippen LogP contribution in [-0.2, 0) is 10.1 Å². The molecule has 4 nitrogen and oxygen atoms in total. The lowest BCUT2D eigenvalue weighted by Gasteiger charge is -2.08. The molecule has 0 radical (unpaired) electrons. The largest absolute Gasteiger partial charge is 0.298 e. The lowest BCUT2D eigenvalue weighted by Crippen LogP contribution is -2.03. The van der Waals surface area contributed by atoms with Gasteiger partial charge in [-0.1, -0.05) is 30.3 Å². The number of aldehydes is 1. The Morgan fingerprint density at radius 2 is 1.55 bits per heavy atom. The van der Waals surface area contributed by atoms with Crippen LogP contribution in [0.5, 0.6) is 0 Å². The third-order valence-electron chi connectivity index (χ3n) is 3.28. The number of hydrogen-bond donors (Lipinski definition) is 1. The number of carbonyl (C=O) groups is 1. The van der Waals surface area contributed by atoms with E-state index in [0.29, 0.717) is 11.7 Å². The first kappa shape index (κ1) is 12.8. The lowest BCUT2D eigenvalue weighted by atomic mass is 10.0. The van der Waals surface area contributed by atoms with Gasteiger partial charge in [0.1, 0.15) is 4.90 Å². The lowest BCUT2D eigenvalue weighted by molar-refractivity contribution is 0.112. The first-order chi connectivity index (χ1) is 9.50. The van der Waals surface area contributed by atoms with Gasteiger partial charge in [-0.2, -0.15) is 8.42 Å². The molecule has 0 fully saturated rings. The van der Waals surface area contributed by atoms with Gasteiger partial charge in [0.2, 0.25) is 0 Å². The normalized spacial score (nSPS) is 11.8. The van der Waals surface area contributed by atoms with Crippen LogP contribution in [-0.4, -0.2) is 19.3 Å². The average Bonchev–Trinajstić information content (AvgIpc) is 2.42. The third-order valence-corrected chi connectivity index (χ3v) is 4.20.